The van der Waals surface area contributed by atoms with Gasteiger partial charge in [0.05, 0.1) is 0 Å². The number of hydrogen-bond acceptors (Lipinski definition) is 2. The first-order valence-corrected chi connectivity index (χ1v) is 5.27. The molecule has 0 unspecified atom stereocenters. The van der Waals surface area contributed by atoms with E-state index >= 15 is 0 Å². The molecule has 0 amide bonds. The Kier molecular flexibility index (Phi) is 2.49. The van der Waals surface area contributed by atoms with E-state index in [1.165, 1.54) is 18.6 Å². The molecular weight excluding hydrogens is 182 g/mol. The lowest BCUT2D eigenvalue weighted by Gasteiger charge is -2.23. The van der Waals surface area contributed by atoms with Gasteiger partial charge in [-0.1, -0.05) is 6.92 Å². The topological polar surface area (TPSA) is 36.4 Å². The van der Waals surface area contributed by atoms with Crippen LogP contribution >= 0.6 is 12.2 Å². The second-order valence-corrected chi connectivity index (χ2v) is 4.46. The van der Waals surface area contributed by atoms with Gasteiger partial charge in [0.2, 0.25) is 0 Å². The maximum Gasteiger partial charge on any atom is 0.187 e. The van der Waals surface area contributed by atoms with Crippen molar-refractivity contribution in [3.63, 3.8) is 0 Å². The van der Waals surface area contributed by atoms with Crippen molar-refractivity contribution in [3.05, 3.63) is 0 Å². The zero-order valence-electron chi connectivity index (χ0n) is 7.84. The van der Waals surface area contributed by atoms with Gasteiger partial charge in [0.15, 0.2) is 5.11 Å². The molecule has 0 aromatic rings. The van der Waals surface area contributed by atoms with E-state index in [1.807, 2.05) is 0 Å². The Morgan fingerprint density at radius 1 is 1.46 bits per heavy atom. The molecule has 0 bridgehead atoms. The molecule has 2 aliphatic carbocycles. The van der Waals surface area contributed by atoms with Crippen molar-refractivity contribution in [2.75, 3.05) is 0 Å². The third kappa shape index (κ3) is 2.66. The van der Waals surface area contributed by atoms with Gasteiger partial charge >= 0.3 is 0 Å². The standard InChI is InChI=1S/C9H15N3S/c1-6-4-8(5-6)11-12-9(13)10-7-2-3-7/h6-7H,2-5H2,1H3,(H2,10,12,13). The zero-order valence-corrected chi connectivity index (χ0v) is 8.66. The minimum Gasteiger partial charge on any atom is -0.359 e. The molecule has 2 N–H and O–H groups in total. The van der Waals surface area contributed by atoms with Gasteiger partial charge < -0.3 is 5.32 Å². The van der Waals surface area contributed by atoms with Crippen molar-refractivity contribution in [1.29, 1.82) is 0 Å². The summed E-state index contributed by atoms with van der Waals surface area (Å²) in [5, 5.41) is 8.08. The molecule has 0 heterocycles. The molecule has 0 aromatic carbocycles. The molecule has 0 aromatic heterocycles. The fourth-order valence-electron chi connectivity index (χ4n) is 1.41. The van der Waals surface area contributed by atoms with E-state index < -0.39 is 0 Å². The summed E-state index contributed by atoms with van der Waals surface area (Å²) in [4.78, 5) is 0. The SMILES string of the molecule is CC1CC(=NNC(=S)NC2CC2)C1. The number of hydrogen-bond donors (Lipinski definition) is 2. The van der Waals surface area contributed by atoms with Crippen LogP contribution in [0.3, 0.4) is 0 Å². The van der Waals surface area contributed by atoms with Crippen LogP contribution in [0.1, 0.15) is 32.6 Å². The molecular formula is C9H15N3S. The average molecular weight is 197 g/mol. The lowest BCUT2D eigenvalue weighted by atomic mass is 9.85. The van der Waals surface area contributed by atoms with Gasteiger partial charge in [-0.2, -0.15) is 5.10 Å². The van der Waals surface area contributed by atoms with Gasteiger partial charge in [-0.25, -0.2) is 0 Å². The van der Waals surface area contributed by atoms with E-state index in [9.17, 15) is 0 Å². The van der Waals surface area contributed by atoms with Gasteiger partial charge in [-0.15, -0.1) is 0 Å². The maximum atomic E-state index is 5.06. The fraction of sp³-hybridized carbons (Fsp3) is 0.778. The first-order valence-electron chi connectivity index (χ1n) is 4.86. The van der Waals surface area contributed by atoms with E-state index in [-0.39, 0.29) is 0 Å². The number of hydrazone groups is 1. The normalized spacial score (nSPS) is 26.2. The molecule has 2 rings (SSSR count). The van der Waals surface area contributed by atoms with Crippen LogP contribution in [-0.2, 0) is 0 Å². The summed E-state index contributed by atoms with van der Waals surface area (Å²) >= 11 is 5.06. The monoisotopic (exact) mass is 197 g/mol. The van der Waals surface area contributed by atoms with E-state index in [4.69, 9.17) is 12.2 Å². The molecule has 13 heavy (non-hydrogen) atoms. The summed E-state index contributed by atoms with van der Waals surface area (Å²) in [6.07, 6.45) is 4.74. The van der Waals surface area contributed by atoms with Crippen molar-refractivity contribution in [1.82, 2.24) is 10.7 Å². The highest BCUT2D eigenvalue weighted by atomic mass is 32.1. The first kappa shape index (κ1) is 8.94. The van der Waals surface area contributed by atoms with Crippen LogP contribution in [0.2, 0.25) is 0 Å². The summed E-state index contributed by atoms with van der Waals surface area (Å²) in [5.41, 5.74) is 4.13. The Labute approximate surface area is 84.0 Å². The predicted octanol–water partition coefficient (Wildman–Crippen LogP) is 1.40. The first-order chi connectivity index (χ1) is 6.24. The largest absolute Gasteiger partial charge is 0.359 e. The Balaban J connectivity index is 1.66. The van der Waals surface area contributed by atoms with E-state index in [2.05, 4.69) is 22.8 Å². The minimum atomic E-state index is 0.612. The molecule has 4 heteroatoms. The van der Waals surface area contributed by atoms with Crippen molar-refractivity contribution < 1.29 is 0 Å². The highest BCUT2D eigenvalue weighted by Crippen LogP contribution is 2.22. The quantitative estimate of drug-likeness (QED) is 0.519. The lowest BCUT2D eigenvalue weighted by molar-refractivity contribution is 0.549. The van der Waals surface area contributed by atoms with Crippen LogP contribution in [0, 0.1) is 5.92 Å². The smallest absolute Gasteiger partial charge is 0.187 e. The molecule has 2 saturated carbocycles. The fourth-order valence-corrected chi connectivity index (χ4v) is 1.62. The highest BCUT2D eigenvalue weighted by molar-refractivity contribution is 7.80. The molecule has 2 aliphatic rings. The van der Waals surface area contributed by atoms with Crippen molar-refractivity contribution >= 4 is 23.0 Å². The summed E-state index contributed by atoms with van der Waals surface area (Å²) in [6, 6.07) is 0.612. The number of nitrogens with one attached hydrogen (secondary N) is 2. The van der Waals surface area contributed by atoms with E-state index in [1.54, 1.807) is 0 Å². The maximum absolute atomic E-state index is 5.06. The van der Waals surface area contributed by atoms with Crippen molar-refractivity contribution in [2.24, 2.45) is 11.0 Å². The van der Waals surface area contributed by atoms with Gasteiger partial charge in [-0.3, -0.25) is 5.43 Å². The molecule has 0 radical (unpaired) electrons. The Morgan fingerprint density at radius 3 is 2.69 bits per heavy atom. The highest BCUT2D eigenvalue weighted by Gasteiger charge is 2.22. The molecule has 0 saturated heterocycles. The van der Waals surface area contributed by atoms with Crippen molar-refractivity contribution in [3.8, 4) is 0 Å². The number of rotatable bonds is 2. The molecule has 72 valence electrons. The molecule has 3 nitrogen and oxygen atoms in total. The van der Waals surface area contributed by atoms with E-state index in [0.717, 1.165) is 18.8 Å². The average Bonchev–Trinajstić information content (AvgIpc) is 2.79. The minimum absolute atomic E-state index is 0.612. The molecule has 2 fully saturated rings. The number of thiocarbonyl (C=S) groups is 1. The number of nitrogens with zero attached hydrogens (tertiary/aromatic N) is 1. The van der Waals surface area contributed by atoms with Gasteiger partial charge in [0, 0.05) is 11.8 Å². The summed E-state index contributed by atoms with van der Waals surface area (Å²) in [5.74, 6) is 0.811. The molecule has 0 atom stereocenters. The van der Waals surface area contributed by atoms with Crippen LogP contribution in [0.25, 0.3) is 0 Å². The Hall–Kier alpha value is -0.640. The second kappa shape index (κ2) is 3.62. The van der Waals surface area contributed by atoms with Crippen LogP contribution < -0.4 is 10.7 Å². The third-order valence-electron chi connectivity index (χ3n) is 2.40. The van der Waals surface area contributed by atoms with Gasteiger partial charge in [-0.05, 0) is 43.8 Å². The molecule has 0 spiro atoms. The third-order valence-corrected chi connectivity index (χ3v) is 2.61. The van der Waals surface area contributed by atoms with Crippen LogP contribution in [-0.4, -0.2) is 16.9 Å². The second-order valence-electron chi connectivity index (χ2n) is 4.05. The predicted molar refractivity (Wildman–Crippen MR) is 57.7 cm³/mol. The summed E-state index contributed by atoms with van der Waals surface area (Å²) in [7, 11) is 0. The van der Waals surface area contributed by atoms with Crippen LogP contribution in [0.15, 0.2) is 5.10 Å². The zero-order chi connectivity index (χ0) is 9.26. The van der Waals surface area contributed by atoms with Crippen LogP contribution in [0.5, 0.6) is 0 Å². The van der Waals surface area contributed by atoms with Gasteiger partial charge in [0.1, 0.15) is 0 Å². The lowest BCUT2D eigenvalue weighted by Crippen LogP contribution is -2.35. The van der Waals surface area contributed by atoms with Gasteiger partial charge in [0.25, 0.3) is 0 Å². The Bertz CT molecular complexity index is 237. The summed E-state index contributed by atoms with van der Waals surface area (Å²) < 4.78 is 0. The molecule has 0 aliphatic heterocycles. The van der Waals surface area contributed by atoms with Crippen LogP contribution in [0.4, 0.5) is 0 Å². The van der Waals surface area contributed by atoms with Crippen molar-refractivity contribution in [2.45, 2.75) is 38.6 Å². The summed E-state index contributed by atoms with van der Waals surface area (Å²) in [6.45, 7) is 2.24. The Morgan fingerprint density at radius 2 is 2.15 bits per heavy atom. The van der Waals surface area contributed by atoms with E-state index in [0.29, 0.717) is 11.2 Å².